The van der Waals surface area contributed by atoms with Crippen LogP contribution in [0.2, 0.25) is 4.34 Å². The molecule has 4 rings (SSSR count). The molecule has 1 atom stereocenters. The highest BCUT2D eigenvalue weighted by Gasteiger charge is 2.18. The lowest BCUT2D eigenvalue weighted by atomic mass is 10.1. The first-order valence-corrected chi connectivity index (χ1v) is 11.2. The van der Waals surface area contributed by atoms with E-state index in [1.807, 2.05) is 37.3 Å². The van der Waals surface area contributed by atoms with Gasteiger partial charge in [-0.1, -0.05) is 41.0 Å². The maximum Gasteiger partial charge on any atom is 0.261 e. The van der Waals surface area contributed by atoms with E-state index < -0.39 is 0 Å². The standard InChI is InChI=1S/C22H23ClN4O2S/c1-14(25-22(28)19-9-10-20(23)30-19)18-13-17(26-29-18)15-5-7-16(8-6-15)21(24)27-11-3-2-4-12-27/h5-10,13-14,24H,2-4,11-12H2,1H3,(H,25,28). The fraction of sp³-hybridized carbons (Fsp3) is 0.318. The highest BCUT2D eigenvalue weighted by Crippen LogP contribution is 2.25. The van der Waals surface area contributed by atoms with Crippen LogP contribution in [0, 0.1) is 5.41 Å². The largest absolute Gasteiger partial charge is 0.359 e. The quantitative estimate of drug-likeness (QED) is 0.411. The number of aromatic nitrogens is 1. The van der Waals surface area contributed by atoms with E-state index in [2.05, 4.69) is 15.4 Å². The van der Waals surface area contributed by atoms with E-state index in [4.69, 9.17) is 21.5 Å². The summed E-state index contributed by atoms with van der Waals surface area (Å²) in [6.07, 6.45) is 3.55. The Hall–Kier alpha value is -2.64. The maximum absolute atomic E-state index is 12.3. The van der Waals surface area contributed by atoms with Gasteiger partial charge < -0.3 is 14.7 Å². The fourth-order valence-electron chi connectivity index (χ4n) is 3.50. The van der Waals surface area contributed by atoms with Crippen molar-refractivity contribution in [2.45, 2.75) is 32.2 Å². The first kappa shape index (κ1) is 20.6. The minimum absolute atomic E-state index is 0.196. The highest BCUT2D eigenvalue weighted by molar-refractivity contribution is 7.18. The molecule has 0 spiro atoms. The smallest absolute Gasteiger partial charge is 0.261 e. The summed E-state index contributed by atoms with van der Waals surface area (Å²) in [4.78, 5) is 15.0. The molecule has 1 amide bonds. The number of amidine groups is 1. The summed E-state index contributed by atoms with van der Waals surface area (Å²) in [6, 6.07) is 12.7. The van der Waals surface area contributed by atoms with Crippen LogP contribution in [0.5, 0.6) is 0 Å². The highest BCUT2D eigenvalue weighted by atomic mass is 35.5. The van der Waals surface area contributed by atoms with Gasteiger partial charge in [0.1, 0.15) is 11.5 Å². The van der Waals surface area contributed by atoms with Crippen LogP contribution in [0.1, 0.15) is 53.2 Å². The van der Waals surface area contributed by atoms with Crippen molar-refractivity contribution < 1.29 is 9.32 Å². The molecule has 8 heteroatoms. The van der Waals surface area contributed by atoms with Crippen molar-refractivity contribution in [1.29, 1.82) is 5.41 Å². The third-order valence-corrected chi connectivity index (χ3v) is 6.46. The van der Waals surface area contributed by atoms with E-state index >= 15 is 0 Å². The molecule has 0 aliphatic carbocycles. The van der Waals surface area contributed by atoms with Crippen LogP contribution in [0.3, 0.4) is 0 Å². The Balaban J connectivity index is 1.41. The predicted octanol–water partition coefficient (Wildman–Crippen LogP) is 5.36. The Labute approximate surface area is 184 Å². The van der Waals surface area contributed by atoms with E-state index in [0.29, 0.717) is 26.5 Å². The topological polar surface area (TPSA) is 82.2 Å². The van der Waals surface area contributed by atoms with Crippen molar-refractivity contribution in [3.05, 3.63) is 63.0 Å². The summed E-state index contributed by atoms with van der Waals surface area (Å²) in [5.74, 6) is 0.955. The molecule has 3 heterocycles. The number of carbonyl (C=O) groups is 1. The average molecular weight is 443 g/mol. The van der Waals surface area contributed by atoms with Crippen LogP contribution in [-0.2, 0) is 0 Å². The molecular weight excluding hydrogens is 420 g/mol. The Morgan fingerprint density at radius 3 is 2.60 bits per heavy atom. The Morgan fingerprint density at radius 1 is 1.20 bits per heavy atom. The molecule has 1 unspecified atom stereocenters. The van der Waals surface area contributed by atoms with Crippen LogP contribution in [0.25, 0.3) is 11.3 Å². The van der Waals surface area contributed by atoms with Crippen LogP contribution in [-0.4, -0.2) is 34.9 Å². The molecule has 1 aromatic carbocycles. The molecule has 6 nitrogen and oxygen atoms in total. The number of hydrogen-bond acceptors (Lipinski definition) is 5. The second kappa shape index (κ2) is 9.02. The van der Waals surface area contributed by atoms with Crippen LogP contribution < -0.4 is 5.32 Å². The van der Waals surface area contributed by atoms with Crippen molar-refractivity contribution in [2.24, 2.45) is 0 Å². The van der Waals surface area contributed by atoms with Gasteiger partial charge >= 0.3 is 0 Å². The van der Waals surface area contributed by atoms with Gasteiger partial charge in [-0.05, 0) is 38.3 Å². The van der Waals surface area contributed by atoms with Crippen molar-refractivity contribution >= 4 is 34.7 Å². The molecule has 1 fully saturated rings. The molecule has 0 radical (unpaired) electrons. The molecule has 30 heavy (non-hydrogen) atoms. The molecule has 1 aliphatic rings. The number of nitrogens with zero attached hydrogens (tertiary/aromatic N) is 2. The zero-order valence-corrected chi connectivity index (χ0v) is 18.2. The minimum atomic E-state index is -0.328. The zero-order chi connectivity index (χ0) is 21.1. The number of carbonyl (C=O) groups excluding carboxylic acids is 1. The summed E-state index contributed by atoms with van der Waals surface area (Å²) in [5, 5.41) is 15.5. The van der Waals surface area contributed by atoms with Crippen molar-refractivity contribution in [2.75, 3.05) is 13.1 Å². The molecule has 2 aromatic heterocycles. The molecule has 156 valence electrons. The molecule has 0 saturated carbocycles. The number of benzene rings is 1. The number of rotatable bonds is 5. The third-order valence-electron chi connectivity index (χ3n) is 5.23. The Kier molecular flexibility index (Phi) is 6.20. The van der Waals surface area contributed by atoms with Crippen molar-refractivity contribution in [3.63, 3.8) is 0 Å². The predicted molar refractivity (Wildman–Crippen MR) is 119 cm³/mol. The lowest BCUT2D eigenvalue weighted by Crippen LogP contribution is -2.35. The van der Waals surface area contributed by atoms with Gasteiger partial charge in [0.25, 0.3) is 5.91 Å². The number of hydrogen-bond donors (Lipinski definition) is 2. The van der Waals surface area contributed by atoms with Gasteiger partial charge in [0.05, 0.1) is 15.3 Å². The van der Waals surface area contributed by atoms with E-state index in [1.165, 1.54) is 17.8 Å². The molecular formula is C22H23ClN4O2S. The zero-order valence-electron chi connectivity index (χ0n) is 16.7. The van der Waals surface area contributed by atoms with Gasteiger partial charge in [-0.2, -0.15) is 0 Å². The molecule has 2 N–H and O–H groups in total. The summed E-state index contributed by atoms with van der Waals surface area (Å²) in [5.41, 5.74) is 2.50. The summed E-state index contributed by atoms with van der Waals surface area (Å²) in [7, 11) is 0. The normalized spacial score (nSPS) is 15.1. The van der Waals surface area contributed by atoms with E-state index in [0.717, 1.165) is 37.1 Å². The van der Waals surface area contributed by atoms with Crippen LogP contribution >= 0.6 is 22.9 Å². The number of amides is 1. The van der Waals surface area contributed by atoms with Crippen LogP contribution in [0.15, 0.2) is 47.0 Å². The first-order chi connectivity index (χ1) is 14.5. The van der Waals surface area contributed by atoms with Gasteiger partial charge in [0.2, 0.25) is 0 Å². The fourth-order valence-corrected chi connectivity index (χ4v) is 4.45. The van der Waals surface area contributed by atoms with Crippen molar-refractivity contribution in [3.8, 4) is 11.3 Å². The van der Waals surface area contributed by atoms with Gasteiger partial charge in [-0.15, -0.1) is 11.3 Å². The van der Waals surface area contributed by atoms with Gasteiger partial charge in [0.15, 0.2) is 5.76 Å². The summed E-state index contributed by atoms with van der Waals surface area (Å²) < 4.78 is 6.03. The molecule has 0 bridgehead atoms. The van der Waals surface area contributed by atoms with E-state index in [9.17, 15) is 4.79 Å². The lowest BCUT2D eigenvalue weighted by molar-refractivity contribution is 0.0938. The number of piperidine rings is 1. The third kappa shape index (κ3) is 4.57. The molecule has 1 aliphatic heterocycles. The van der Waals surface area contributed by atoms with E-state index in [-0.39, 0.29) is 11.9 Å². The minimum Gasteiger partial charge on any atom is -0.359 e. The molecule has 1 saturated heterocycles. The average Bonchev–Trinajstić information content (AvgIpc) is 3.43. The van der Waals surface area contributed by atoms with Crippen molar-refractivity contribution in [1.82, 2.24) is 15.4 Å². The number of thiophene rings is 1. The monoisotopic (exact) mass is 442 g/mol. The summed E-state index contributed by atoms with van der Waals surface area (Å²) >= 11 is 7.13. The second-order valence-corrected chi connectivity index (χ2v) is 9.10. The van der Waals surface area contributed by atoms with Gasteiger partial charge in [0, 0.05) is 30.3 Å². The van der Waals surface area contributed by atoms with Crippen LogP contribution in [0.4, 0.5) is 0 Å². The lowest BCUT2D eigenvalue weighted by Gasteiger charge is -2.29. The van der Waals surface area contributed by atoms with E-state index in [1.54, 1.807) is 12.1 Å². The second-order valence-electron chi connectivity index (χ2n) is 7.39. The maximum atomic E-state index is 12.3. The Morgan fingerprint density at radius 2 is 1.93 bits per heavy atom. The molecule has 3 aromatic rings. The summed E-state index contributed by atoms with van der Waals surface area (Å²) in [6.45, 7) is 3.75. The number of halogens is 1. The van der Waals surface area contributed by atoms with Gasteiger partial charge in [-0.3, -0.25) is 10.2 Å². The number of likely N-dealkylation sites (tertiary alicyclic amines) is 1. The first-order valence-electron chi connectivity index (χ1n) is 9.98. The number of nitrogens with one attached hydrogen (secondary N) is 2. The van der Waals surface area contributed by atoms with Gasteiger partial charge in [-0.25, -0.2) is 0 Å². The Bertz CT molecular complexity index is 1040. The SMILES string of the molecule is CC(NC(=O)c1ccc(Cl)s1)c1cc(-c2ccc(C(=N)N3CCCCC3)cc2)no1.